The first-order chi connectivity index (χ1) is 13.4. The van der Waals surface area contributed by atoms with Gasteiger partial charge in [0, 0.05) is 50.9 Å². The molecule has 8 heteroatoms. The lowest BCUT2D eigenvalue weighted by molar-refractivity contribution is -0.128. The fourth-order valence-corrected chi connectivity index (χ4v) is 3.19. The minimum atomic E-state index is -0.659. The molecule has 0 unspecified atom stereocenters. The second-order valence-electron chi connectivity index (χ2n) is 6.77. The zero-order valence-electron chi connectivity index (χ0n) is 15.6. The van der Waals surface area contributed by atoms with Crippen molar-refractivity contribution in [3.8, 4) is 11.1 Å². The van der Waals surface area contributed by atoms with Crippen molar-refractivity contribution in [2.75, 3.05) is 38.0 Å². The van der Waals surface area contributed by atoms with Crippen LogP contribution < -0.4 is 5.32 Å². The van der Waals surface area contributed by atoms with Crippen molar-refractivity contribution in [1.29, 1.82) is 0 Å². The maximum atomic E-state index is 13.3. The molecule has 1 aliphatic rings. The second-order valence-corrected chi connectivity index (χ2v) is 6.77. The van der Waals surface area contributed by atoms with Gasteiger partial charge in [-0.1, -0.05) is 0 Å². The Morgan fingerprint density at radius 2 is 1.79 bits per heavy atom. The van der Waals surface area contributed by atoms with Gasteiger partial charge in [-0.25, -0.2) is 13.8 Å². The number of nitrogens with one attached hydrogen (secondary N) is 1. The lowest BCUT2D eigenvalue weighted by atomic mass is 10.1. The highest BCUT2D eigenvalue weighted by Crippen LogP contribution is 2.22. The van der Waals surface area contributed by atoms with E-state index in [1.54, 1.807) is 24.0 Å². The van der Waals surface area contributed by atoms with E-state index in [1.165, 1.54) is 18.3 Å². The average Bonchev–Trinajstić information content (AvgIpc) is 2.87. The molecule has 0 bridgehead atoms. The van der Waals surface area contributed by atoms with Gasteiger partial charge in [0.2, 0.25) is 11.8 Å². The third kappa shape index (κ3) is 5.32. The normalized spacial score (nSPS) is 15.2. The van der Waals surface area contributed by atoms with E-state index < -0.39 is 11.6 Å². The fourth-order valence-electron chi connectivity index (χ4n) is 3.19. The van der Waals surface area contributed by atoms with Crippen LogP contribution in [0.4, 0.5) is 14.6 Å². The van der Waals surface area contributed by atoms with Gasteiger partial charge in [0.15, 0.2) is 0 Å². The van der Waals surface area contributed by atoms with Gasteiger partial charge in [0.1, 0.15) is 17.5 Å². The van der Waals surface area contributed by atoms with Crippen LogP contribution in [-0.2, 0) is 9.59 Å². The highest BCUT2D eigenvalue weighted by molar-refractivity contribution is 5.91. The molecule has 0 atom stereocenters. The molecule has 0 aliphatic carbocycles. The molecule has 28 heavy (non-hydrogen) atoms. The van der Waals surface area contributed by atoms with Crippen molar-refractivity contribution < 1.29 is 18.4 Å². The zero-order chi connectivity index (χ0) is 20.1. The molecule has 1 N–H and O–H groups in total. The largest absolute Gasteiger partial charge is 0.342 e. The molecular formula is C20H22F2N4O2. The predicted molar refractivity (Wildman–Crippen MR) is 102 cm³/mol. The summed E-state index contributed by atoms with van der Waals surface area (Å²) in [5.41, 5.74) is 0.927. The average molecular weight is 388 g/mol. The summed E-state index contributed by atoms with van der Waals surface area (Å²) in [5.74, 6) is -1.10. The first-order valence-electron chi connectivity index (χ1n) is 9.11. The van der Waals surface area contributed by atoms with E-state index in [1.807, 2.05) is 4.90 Å². The van der Waals surface area contributed by atoms with Crippen LogP contribution in [0.1, 0.15) is 13.3 Å². The predicted octanol–water partition coefficient (Wildman–Crippen LogP) is 2.52. The van der Waals surface area contributed by atoms with Crippen LogP contribution in [0.2, 0.25) is 0 Å². The molecule has 2 amide bonds. The monoisotopic (exact) mass is 388 g/mol. The van der Waals surface area contributed by atoms with E-state index in [4.69, 9.17) is 0 Å². The molecular weight excluding hydrogens is 366 g/mol. The maximum Gasteiger partial charge on any atom is 0.239 e. The molecule has 1 aliphatic heterocycles. The number of hydrogen-bond donors (Lipinski definition) is 1. The van der Waals surface area contributed by atoms with Gasteiger partial charge in [-0.05, 0) is 36.2 Å². The molecule has 0 spiro atoms. The van der Waals surface area contributed by atoms with E-state index in [9.17, 15) is 18.4 Å². The number of carbonyl (C=O) groups is 2. The van der Waals surface area contributed by atoms with Crippen molar-refractivity contribution in [1.82, 2.24) is 14.8 Å². The SMILES string of the molecule is CC(=O)N1CCCN(CC(=O)Nc2ccc(-c3cc(F)cc(F)c3)cn2)CC1. The van der Waals surface area contributed by atoms with E-state index in [0.29, 0.717) is 36.6 Å². The number of amides is 2. The molecule has 0 saturated carbocycles. The molecule has 1 fully saturated rings. The molecule has 2 aromatic rings. The van der Waals surface area contributed by atoms with E-state index in [0.717, 1.165) is 19.0 Å². The number of carbonyl (C=O) groups excluding carboxylic acids is 2. The molecule has 6 nitrogen and oxygen atoms in total. The standard InChI is InChI=1S/C20H22F2N4O2/c1-14(27)26-6-2-5-25(7-8-26)13-20(28)24-19-4-3-15(12-23-19)16-9-17(21)11-18(22)10-16/h3-4,9-12H,2,5-8,13H2,1H3,(H,23,24,28). The topological polar surface area (TPSA) is 65.5 Å². The Hall–Kier alpha value is -2.87. The third-order valence-electron chi connectivity index (χ3n) is 4.63. The molecule has 0 radical (unpaired) electrons. The van der Waals surface area contributed by atoms with Crippen LogP contribution in [0.15, 0.2) is 36.5 Å². The summed E-state index contributed by atoms with van der Waals surface area (Å²) in [7, 11) is 0. The van der Waals surface area contributed by atoms with Gasteiger partial charge in [0.05, 0.1) is 6.54 Å². The number of hydrogen-bond acceptors (Lipinski definition) is 4. The number of aromatic nitrogens is 1. The Bertz CT molecular complexity index is 838. The summed E-state index contributed by atoms with van der Waals surface area (Å²) in [6.07, 6.45) is 2.28. The highest BCUT2D eigenvalue weighted by atomic mass is 19.1. The first kappa shape index (κ1) is 19.9. The summed E-state index contributed by atoms with van der Waals surface area (Å²) in [4.78, 5) is 31.7. The summed E-state index contributed by atoms with van der Waals surface area (Å²) in [6, 6.07) is 6.50. The summed E-state index contributed by atoms with van der Waals surface area (Å²) in [6.45, 7) is 4.47. The van der Waals surface area contributed by atoms with E-state index in [-0.39, 0.29) is 18.4 Å². The van der Waals surface area contributed by atoms with Crippen LogP contribution in [-0.4, -0.2) is 59.3 Å². The minimum Gasteiger partial charge on any atom is -0.342 e. The number of nitrogens with zero attached hydrogens (tertiary/aromatic N) is 3. The quantitative estimate of drug-likeness (QED) is 0.874. The molecule has 1 aromatic carbocycles. The maximum absolute atomic E-state index is 13.3. The number of anilines is 1. The van der Waals surface area contributed by atoms with Gasteiger partial charge in [-0.3, -0.25) is 14.5 Å². The van der Waals surface area contributed by atoms with Crippen molar-refractivity contribution in [2.24, 2.45) is 0 Å². The van der Waals surface area contributed by atoms with E-state index >= 15 is 0 Å². The Kier molecular flexibility index (Phi) is 6.30. The molecule has 2 heterocycles. The molecule has 1 aromatic heterocycles. The first-order valence-corrected chi connectivity index (χ1v) is 9.11. The van der Waals surface area contributed by atoms with Gasteiger partial charge < -0.3 is 10.2 Å². The van der Waals surface area contributed by atoms with Gasteiger partial charge in [0.25, 0.3) is 0 Å². The zero-order valence-corrected chi connectivity index (χ0v) is 15.6. The fraction of sp³-hybridized carbons (Fsp3) is 0.350. The summed E-state index contributed by atoms with van der Waals surface area (Å²) in [5, 5.41) is 2.72. The second kappa shape index (κ2) is 8.88. The van der Waals surface area contributed by atoms with Crippen molar-refractivity contribution in [3.05, 3.63) is 48.2 Å². The van der Waals surface area contributed by atoms with Crippen LogP contribution in [0.3, 0.4) is 0 Å². The van der Waals surface area contributed by atoms with E-state index in [2.05, 4.69) is 10.3 Å². The van der Waals surface area contributed by atoms with Crippen LogP contribution in [0.5, 0.6) is 0 Å². The molecule has 3 rings (SSSR count). The Morgan fingerprint density at radius 3 is 2.43 bits per heavy atom. The van der Waals surface area contributed by atoms with Crippen LogP contribution in [0, 0.1) is 11.6 Å². The van der Waals surface area contributed by atoms with Crippen molar-refractivity contribution >= 4 is 17.6 Å². The van der Waals surface area contributed by atoms with Gasteiger partial charge in [-0.15, -0.1) is 0 Å². The molecule has 1 saturated heterocycles. The van der Waals surface area contributed by atoms with Crippen molar-refractivity contribution in [2.45, 2.75) is 13.3 Å². The lowest BCUT2D eigenvalue weighted by Gasteiger charge is -2.20. The summed E-state index contributed by atoms with van der Waals surface area (Å²) < 4.78 is 26.7. The minimum absolute atomic E-state index is 0.0498. The number of pyridine rings is 1. The Morgan fingerprint density at radius 1 is 1.04 bits per heavy atom. The Labute approximate surface area is 162 Å². The van der Waals surface area contributed by atoms with Gasteiger partial charge in [-0.2, -0.15) is 0 Å². The summed E-state index contributed by atoms with van der Waals surface area (Å²) >= 11 is 0. The number of rotatable bonds is 4. The lowest BCUT2D eigenvalue weighted by Crippen LogP contribution is -2.37. The van der Waals surface area contributed by atoms with Gasteiger partial charge >= 0.3 is 0 Å². The van der Waals surface area contributed by atoms with Crippen LogP contribution in [0.25, 0.3) is 11.1 Å². The highest BCUT2D eigenvalue weighted by Gasteiger charge is 2.18. The third-order valence-corrected chi connectivity index (χ3v) is 4.63. The number of halogens is 2. The van der Waals surface area contributed by atoms with Crippen molar-refractivity contribution in [3.63, 3.8) is 0 Å². The Balaban J connectivity index is 1.56. The molecule has 148 valence electrons. The number of benzene rings is 1. The van der Waals surface area contributed by atoms with Crippen LogP contribution >= 0.6 is 0 Å². The smallest absolute Gasteiger partial charge is 0.239 e.